The van der Waals surface area contributed by atoms with Crippen LogP contribution in [0.5, 0.6) is 0 Å². The maximum Gasteiger partial charge on any atom is 0.251 e. The summed E-state index contributed by atoms with van der Waals surface area (Å²) < 4.78 is 39.7. The molecule has 0 bridgehead atoms. The lowest BCUT2D eigenvalue weighted by molar-refractivity contribution is -0.128. The first-order valence-electron chi connectivity index (χ1n) is 10.7. The fourth-order valence-electron chi connectivity index (χ4n) is 4.15. The molecule has 2 amide bonds. The van der Waals surface area contributed by atoms with Crippen LogP contribution in [0.4, 0.5) is 4.39 Å². The maximum absolute atomic E-state index is 13.1. The van der Waals surface area contributed by atoms with Crippen LogP contribution in [-0.4, -0.2) is 55.6 Å². The molecule has 170 valence electrons. The second kappa shape index (κ2) is 9.38. The molecule has 2 fully saturated rings. The first kappa shape index (κ1) is 22.4. The summed E-state index contributed by atoms with van der Waals surface area (Å²) >= 11 is 0. The predicted octanol–water partition coefficient (Wildman–Crippen LogP) is 2.39. The molecule has 0 radical (unpaired) electrons. The van der Waals surface area contributed by atoms with E-state index >= 15 is 0 Å². The quantitative estimate of drug-likeness (QED) is 0.689. The van der Waals surface area contributed by atoms with Crippen LogP contribution in [0, 0.1) is 11.7 Å². The Bertz CT molecular complexity index is 1080. The van der Waals surface area contributed by atoms with Crippen molar-refractivity contribution >= 4 is 21.8 Å². The number of halogens is 1. The molecule has 2 aliphatic rings. The number of nitrogens with zero attached hydrogens (tertiary/aromatic N) is 2. The summed E-state index contributed by atoms with van der Waals surface area (Å²) in [5, 5.41) is 2.84. The van der Waals surface area contributed by atoms with Crippen LogP contribution in [0.3, 0.4) is 0 Å². The molecule has 7 nitrogen and oxygen atoms in total. The van der Waals surface area contributed by atoms with Gasteiger partial charge in [-0.05, 0) is 54.8 Å². The van der Waals surface area contributed by atoms with Gasteiger partial charge >= 0.3 is 0 Å². The number of nitrogens with one attached hydrogen (secondary N) is 1. The molecule has 0 aliphatic carbocycles. The van der Waals surface area contributed by atoms with E-state index in [0.29, 0.717) is 44.7 Å². The largest absolute Gasteiger partial charge is 0.352 e. The van der Waals surface area contributed by atoms with Crippen LogP contribution in [0.1, 0.15) is 35.2 Å². The van der Waals surface area contributed by atoms with Crippen molar-refractivity contribution < 1.29 is 22.4 Å². The topological polar surface area (TPSA) is 86.8 Å². The summed E-state index contributed by atoms with van der Waals surface area (Å²) in [7, 11) is -3.51. The number of carbonyl (C=O) groups is 2. The van der Waals surface area contributed by atoms with Gasteiger partial charge in [0.15, 0.2) is 0 Å². The summed E-state index contributed by atoms with van der Waals surface area (Å²) in [6.45, 7) is 2.34. The highest BCUT2D eigenvalue weighted by atomic mass is 32.2. The number of likely N-dealkylation sites (tertiary alicyclic amines) is 1. The fraction of sp³-hybridized carbons (Fsp3) is 0.391. The second-order valence-corrected chi connectivity index (χ2v) is 10.3. The lowest BCUT2D eigenvalue weighted by Crippen LogP contribution is -2.31. The minimum absolute atomic E-state index is 0.00467. The van der Waals surface area contributed by atoms with Gasteiger partial charge < -0.3 is 10.2 Å². The highest BCUT2D eigenvalue weighted by molar-refractivity contribution is 7.89. The molecular formula is C23H26FN3O4S. The zero-order chi connectivity index (χ0) is 22.7. The van der Waals surface area contributed by atoms with E-state index in [-0.39, 0.29) is 28.4 Å². The molecule has 4 rings (SSSR count). The van der Waals surface area contributed by atoms with Gasteiger partial charge in [-0.3, -0.25) is 9.59 Å². The highest BCUT2D eigenvalue weighted by Gasteiger charge is 2.30. The lowest BCUT2D eigenvalue weighted by atomic mass is 10.1. The van der Waals surface area contributed by atoms with Gasteiger partial charge in [-0.2, -0.15) is 4.31 Å². The summed E-state index contributed by atoms with van der Waals surface area (Å²) in [5.41, 5.74) is 1.23. The Morgan fingerprint density at radius 3 is 2.34 bits per heavy atom. The molecular weight excluding hydrogens is 433 g/mol. The first-order valence-corrected chi connectivity index (χ1v) is 12.2. The molecule has 32 heavy (non-hydrogen) atoms. The van der Waals surface area contributed by atoms with E-state index in [1.54, 1.807) is 17.0 Å². The molecule has 1 N–H and O–H groups in total. The molecule has 1 atom stereocenters. The van der Waals surface area contributed by atoms with Crippen molar-refractivity contribution in [2.45, 2.75) is 30.7 Å². The Kier molecular flexibility index (Phi) is 6.57. The molecule has 2 heterocycles. The van der Waals surface area contributed by atoms with Crippen molar-refractivity contribution in [3.05, 3.63) is 65.5 Å². The Morgan fingerprint density at radius 2 is 1.69 bits per heavy atom. The lowest BCUT2D eigenvalue weighted by Gasteiger charge is -2.17. The van der Waals surface area contributed by atoms with Gasteiger partial charge in [-0.15, -0.1) is 0 Å². The summed E-state index contributed by atoms with van der Waals surface area (Å²) in [4.78, 5) is 26.7. The number of rotatable bonds is 7. The third kappa shape index (κ3) is 4.99. The first-order chi connectivity index (χ1) is 15.3. The normalized spacial score (nSPS) is 19.5. The Morgan fingerprint density at radius 1 is 1.03 bits per heavy atom. The van der Waals surface area contributed by atoms with Crippen LogP contribution in [0.25, 0.3) is 0 Å². The predicted molar refractivity (Wildman–Crippen MR) is 117 cm³/mol. The van der Waals surface area contributed by atoms with E-state index in [0.717, 1.165) is 18.4 Å². The zero-order valence-electron chi connectivity index (χ0n) is 17.7. The van der Waals surface area contributed by atoms with E-state index < -0.39 is 10.0 Å². The number of amides is 2. The molecule has 2 aliphatic heterocycles. The van der Waals surface area contributed by atoms with Crippen molar-refractivity contribution in [2.75, 3.05) is 26.2 Å². The van der Waals surface area contributed by atoms with Gasteiger partial charge in [-0.1, -0.05) is 12.1 Å². The summed E-state index contributed by atoms with van der Waals surface area (Å²) in [6, 6.07) is 12.0. The maximum atomic E-state index is 13.1. The van der Waals surface area contributed by atoms with Gasteiger partial charge in [0.25, 0.3) is 5.91 Å². The number of hydrogen-bond acceptors (Lipinski definition) is 4. The van der Waals surface area contributed by atoms with Crippen LogP contribution in [0.2, 0.25) is 0 Å². The third-order valence-corrected chi connectivity index (χ3v) is 7.86. The number of sulfonamides is 1. The standard InChI is InChI=1S/C23H26FN3O4S/c24-20-7-3-17(4-8-20)15-26-16-18(13-22(26)28)14-25-23(29)19-5-9-21(10-6-19)32(30,31)27-11-1-2-12-27/h3-10,18H,1-2,11-16H2,(H,25,29). The second-order valence-electron chi connectivity index (χ2n) is 8.32. The van der Waals surface area contributed by atoms with E-state index in [4.69, 9.17) is 0 Å². The number of carbonyl (C=O) groups excluding carboxylic acids is 2. The summed E-state index contributed by atoms with van der Waals surface area (Å²) in [5.74, 6) is -0.630. The monoisotopic (exact) mass is 459 g/mol. The molecule has 9 heteroatoms. The van der Waals surface area contributed by atoms with Gasteiger partial charge in [-0.25, -0.2) is 12.8 Å². The van der Waals surface area contributed by atoms with Gasteiger partial charge in [0.2, 0.25) is 15.9 Å². The number of benzene rings is 2. The zero-order valence-corrected chi connectivity index (χ0v) is 18.5. The molecule has 2 aromatic rings. The molecule has 0 spiro atoms. The molecule has 1 unspecified atom stereocenters. The van der Waals surface area contributed by atoms with Crippen LogP contribution in [-0.2, 0) is 21.4 Å². The van der Waals surface area contributed by atoms with Crippen molar-refractivity contribution in [2.24, 2.45) is 5.92 Å². The highest BCUT2D eigenvalue weighted by Crippen LogP contribution is 2.22. The van der Waals surface area contributed by atoms with Crippen LogP contribution >= 0.6 is 0 Å². The van der Waals surface area contributed by atoms with Crippen molar-refractivity contribution in [1.29, 1.82) is 0 Å². The average molecular weight is 460 g/mol. The van der Waals surface area contributed by atoms with Crippen molar-refractivity contribution in [3.8, 4) is 0 Å². The van der Waals surface area contributed by atoms with Crippen molar-refractivity contribution in [1.82, 2.24) is 14.5 Å². The third-order valence-electron chi connectivity index (χ3n) is 5.95. The minimum atomic E-state index is -3.51. The Hall–Kier alpha value is -2.78. The SMILES string of the molecule is O=C(NCC1CC(=O)N(Cc2ccc(F)cc2)C1)c1ccc(S(=O)(=O)N2CCCC2)cc1. The van der Waals surface area contributed by atoms with E-state index in [1.807, 2.05) is 0 Å². The summed E-state index contributed by atoms with van der Waals surface area (Å²) in [6.07, 6.45) is 2.07. The van der Waals surface area contributed by atoms with Crippen LogP contribution in [0.15, 0.2) is 53.4 Å². The van der Waals surface area contributed by atoms with Crippen LogP contribution < -0.4 is 5.32 Å². The smallest absolute Gasteiger partial charge is 0.251 e. The van der Waals surface area contributed by atoms with Gasteiger partial charge in [0.1, 0.15) is 5.82 Å². The molecule has 0 saturated carbocycles. The van der Waals surface area contributed by atoms with E-state index in [9.17, 15) is 22.4 Å². The Labute approximate surface area is 187 Å². The minimum Gasteiger partial charge on any atom is -0.352 e. The van der Waals surface area contributed by atoms with Crippen molar-refractivity contribution in [3.63, 3.8) is 0 Å². The van der Waals surface area contributed by atoms with E-state index in [1.165, 1.54) is 40.7 Å². The Balaban J connectivity index is 1.30. The fourth-order valence-corrected chi connectivity index (χ4v) is 5.67. The van der Waals surface area contributed by atoms with Gasteiger partial charge in [0, 0.05) is 50.6 Å². The average Bonchev–Trinajstić information content (AvgIpc) is 3.45. The molecule has 2 saturated heterocycles. The molecule has 2 aromatic carbocycles. The van der Waals surface area contributed by atoms with Gasteiger partial charge in [0.05, 0.1) is 4.90 Å². The number of hydrogen-bond donors (Lipinski definition) is 1. The van der Waals surface area contributed by atoms with E-state index in [2.05, 4.69) is 5.32 Å². The molecule has 0 aromatic heterocycles.